The third-order valence-electron chi connectivity index (χ3n) is 2.61. The van der Waals surface area contributed by atoms with Crippen LogP contribution in [0.15, 0.2) is 18.2 Å². The molecule has 0 unspecified atom stereocenters. The average Bonchev–Trinajstić information content (AvgIpc) is 2.38. The first-order valence-corrected chi connectivity index (χ1v) is 8.01. The van der Waals surface area contributed by atoms with Gasteiger partial charge in [-0.2, -0.15) is 11.8 Å². The second-order valence-electron chi connectivity index (χ2n) is 4.70. The average molecular weight is 285 g/mol. The second kappa shape index (κ2) is 9.21. The van der Waals surface area contributed by atoms with Gasteiger partial charge in [0.25, 0.3) is 0 Å². The highest BCUT2D eigenvalue weighted by Crippen LogP contribution is 2.18. The summed E-state index contributed by atoms with van der Waals surface area (Å²) in [7, 11) is 0. The molecule has 108 valence electrons. The van der Waals surface area contributed by atoms with Crippen LogP contribution in [0.1, 0.15) is 32.8 Å². The number of hydrogen-bond acceptors (Lipinski definition) is 3. The molecule has 0 atom stereocenters. The topological polar surface area (TPSA) is 21.3 Å². The summed E-state index contributed by atoms with van der Waals surface area (Å²) in [5.41, 5.74) is 0.945. The molecule has 0 bridgehead atoms. The molecule has 1 rings (SSSR count). The SMILES string of the molecule is CCSCCCOc1ccc(CNC(C)C)cc1F. The summed E-state index contributed by atoms with van der Waals surface area (Å²) in [4.78, 5) is 0. The fourth-order valence-electron chi connectivity index (χ4n) is 1.58. The standard InChI is InChI=1S/C15H24FNOS/c1-4-19-9-5-8-18-15-7-6-13(10-14(15)16)11-17-12(2)3/h6-7,10,12,17H,4-5,8-9,11H2,1-3H3. The minimum Gasteiger partial charge on any atom is -0.490 e. The molecule has 0 saturated carbocycles. The fourth-order valence-corrected chi connectivity index (χ4v) is 2.19. The van der Waals surface area contributed by atoms with Gasteiger partial charge in [-0.25, -0.2) is 4.39 Å². The lowest BCUT2D eigenvalue weighted by molar-refractivity contribution is 0.302. The van der Waals surface area contributed by atoms with Gasteiger partial charge in [0.15, 0.2) is 11.6 Å². The van der Waals surface area contributed by atoms with Crippen LogP contribution < -0.4 is 10.1 Å². The van der Waals surface area contributed by atoms with Gasteiger partial charge in [0.1, 0.15) is 0 Å². The fraction of sp³-hybridized carbons (Fsp3) is 0.600. The van der Waals surface area contributed by atoms with Crippen LogP contribution in [0.5, 0.6) is 5.75 Å². The molecule has 0 amide bonds. The summed E-state index contributed by atoms with van der Waals surface area (Å²) in [6.45, 7) is 7.54. The number of halogens is 1. The van der Waals surface area contributed by atoms with Crippen molar-refractivity contribution in [3.8, 4) is 5.75 Å². The Morgan fingerprint density at radius 1 is 1.37 bits per heavy atom. The maximum Gasteiger partial charge on any atom is 0.165 e. The van der Waals surface area contributed by atoms with E-state index in [2.05, 4.69) is 26.1 Å². The van der Waals surface area contributed by atoms with Gasteiger partial charge in [0, 0.05) is 12.6 Å². The number of rotatable bonds is 9. The summed E-state index contributed by atoms with van der Waals surface area (Å²) in [5.74, 6) is 2.27. The first kappa shape index (κ1) is 16.3. The van der Waals surface area contributed by atoms with Gasteiger partial charge >= 0.3 is 0 Å². The number of benzene rings is 1. The monoisotopic (exact) mass is 285 g/mol. The Kier molecular flexibility index (Phi) is 7.91. The molecule has 0 aromatic heterocycles. The Bertz CT molecular complexity index is 371. The van der Waals surface area contributed by atoms with Crippen LogP contribution >= 0.6 is 11.8 Å². The molecule has 1 aromatic rings. The van der Waals surface area contributed by atoms with Crippen LogP contribution in [-0.2, 0) is 6.54 Å². The third-order valence-corrected chi connectivity index (χ3v) is 3.59. The minimum absolute atomic E-state index is 0.272. The summed E-state index contributed by atoms with van der Waals surface area (Å²) < 4.78 is 19.2. The Morgan fingerprint density at radius 2 is 2.16 bits per heavy atom. The van der Waals surface area contributed by atoms with Crippen molar-refractivity contribution < 1.29 is 9.13 Å². The molecule has 0 aliphatic heterocycles. The Labute approximate surface area is 120 Å². The Hall–Kier alpha value is -0.740. The van der Waals surface area contributed by atoms with E-state index in [4.69, 9.17) is 4.74 Å². The van der Waals surface area contributed by atoms with E-state index in [0.29, 0.717) is 24.9 Å². The Morgan fingerprint density at radius 3 is 2.79 bits per heavy atom. The van der Waals surface area contributed by atoms with E-state index in [1.165, 1.54) is 0 Å². The van der Waals surface area contributed by atoms with E-state index in [0.717, 1.165) is 23.5 Å². The van der Waals surface area contributed by atoms with Crippen molar-refractivity contribution >= 4 is 11.8 Å². The highest BCUT2D eigenvalue weighted by molar-refractivity contribution is 7.99. The van der Waals surface area contributed by atoms with Crippen molar-refractivity contribution in [2.45, 2.75) is 39.8 Å². The van der Waals surface area contributed by atoms with Gasteiger partial charge in [-0.1, -0.05) is 26.8 Å². The molecule has 0 radical (unpaired) electrons. The van der Waals surface area contributed by atoms with Gasteiger partial charge in [-0.15, -0.1) is 0 Å². The summed E-state index contributed by atoms with van der Waals surface area (Å²) in [5, 5.41) is 3.26. The first-order valence-electron chi connectivity index (χ1n) is 6.85. The summed E-state index contributed by atoms with van der Waals surface area (Å²) >= 11 is 1.88. The van der Waals surface area contributed by atoms with Crippen molar-refractivity contribution in [3.05, 3.63) is 29.6 Å². The van der Waals surface area contributed by atoms with Gasteiger partial charge < -0.3 is 10.1 Å². The summed E-state index contributed by atoms with van der Waals surface area (Å²) in [6.07, 6.45) is 0.953. The van der Waals surface area contributed by atoms with Crippen LogP contribution in [0.4, 0.5) is 4.39 Å². The number of thioether (sulfide) groups is 1. The molecule has 0 aliphatic carbocycles. The molecule has 0 aliphatic rings. The lowest BCUT2D eigenvalue weighted by atomic mass is 10.2. The van der Waals surface area contributed by atoms with Crippen LogP contribution in [-0.4, -0.2) is 24.2 Å². The smallest absolute Gasteiger partial charge is 0.165 e. The highest BCUT2D eigenvalue weighted by Gasteiger charge is 2.05. The van der Waals surface area contributed by atoms with E-state index in [-0.39, 0.29) is 5.82 Å². The van der Waals surface area contributed by atoms with E-state index in [9.17, 15) is 4.39 Å². The lowest BCUT2D eigenvalue weighted by Gasteiger charge is -2.10. The molecule has 1 aromatic carbocycles. The second-order valence-corrected chi connectivity index (χ2v) is 6.09. The molecule has 0 fully saturated rings. The van der Waals surface area contributed by atoms with Gasteiger partial charge in [0.05, 0.1) is 6.61 Å². The molecular formula is C15H24FNOS. The van der Waals surface area contributed by atoms with E-state index in [1.54, 1.807) is 12.1 Å². The van der Waals surface area contributed by atoms with Crippen molar-refractivity contribution in [2.75, 3.05) is 18.1 Å². The molecule has 4 heteroatoms. The minimum atomic E-state index is -0.272. The molecule has 0 heterocycles. The zero-order chi connectivity index (χ0) is 14.1. The van der Waals surface area contributed by atoms with Crippen molar-refractivity contribution in [2.24, 2.45) is 0 Å². The van der Waals surface area contributed by atoms with Gasteiger partial charge in [0.2, 0.25) is 0 Å². The number of ether oxygens (including phenoxy) is 1. The molecule has 19 heavy (non-hydrogen) atoms. The third kappa shape index (κ3) is 6.83. The van der Waals surface area contributed by atoms with Crippen LogP contribution in [0.3, 0.4) is 0 Å². The van der Waals surface area contributed by atoms with E-state index >= 15 is 0 Å². The van der Waals surface area contributed by atoms with E-state index in [1.807, 2.05) is 17.8 Å². The molecule has 0 saturated heterocycles. The maximum absolute atomic E-state index is 13.8. The quantitative estimate of drug-likeness (QED) is 0.696. The van der Waals surface area contributed by atoms with E-state index < -0.39 is 0 Å². The van der Waals surface area contributed by atoms with Crippen molar-refractivity contribution in [1.82, 2.24) is 5.32 Å². The van der Waals surface area contributed by atoms with Gasteiger partial charge in [-0.3, -0.25) is 0 Å². The van der Waals surface area contributed by atoms with Gasteiger partial charge in [-0.05, 0) is 35.6 Å². The summed E-state index contributed by atoms with van der Waals surface area (Å²) in [6, 6.07) is 5.58. The molecular weight excluding hydrogens is 261 g/mol. The molecule has 1 N–H and O–H groups in total. The predicted molar refractivity (Wildman–Crippen MR) is 81.5 cm³/mol. The largest absolute Gasteiger partial charge is 0.490 e. The van der Waals surface area contributed by atoms with Crippen molar-refractivity contribution in [1.29, 1.82) is 0 Å². The molecule has 0 spiro atoms. The molecule has 2 nitrogen and oxygen atoms in total. The highest BCUT2D eigenvalue weighted by atomic mass is 32.2. The maximum atomic E-state index is 13.8. The van der Waals surface area contributed by atoms with Crippen molar-refractivity contribution in [3.63, 3.8) is 0 Å². The predicted octanol–water partition coefficient (Wildman–Crippen LogP) is 3.85. The first-order chi connectivity index (χ1) is 9.13. The van der Waals surface area contributed by atoms with Crippen LogP contribution in [0.25, 0.3) is 0 Å². The normalized spacial score (nSPS) is 11.0. The Balaban J connectivity index is 2.39. The van der Waals surface area contributed by atoms with Crippen LogP contribution in [0.2, 0.25) is 0 Å². The zero-order valence-electron chi connectivity index (χ0n) is 12.0. The zero-order valence-corrected chi connectivity index (χ0v) is 12.9. The number of nitrogens with one attached hydrogen (secondary N) is 1. The lowest BCUT2D eigenvalue weighted by Crippen LogP contribution is -2.21. The van der Waals surface area contributed by atoms with Crippen LogP contribution in [0, 0.1) is 5.82 Å². The number of hydrogen-bond donors (Lipinski definition) is 1.